The van der Waals surface area contributed by atoms with Gasteiger partial charge in [-0.25, -0.2) is 4.98 Å². The molecule has 8 heteroatoms. The fraction of sp³-hybridized carbons (Fsp3) is 0.0588. The van der Waals surface area contributed by atoms with E-state index in [0.29, 0.717) is 5.69 Å². The Morgan fingerprint density at radius 3 is 2.64 bits per heavy atom. The summed E-state index contributed by atoms with van der Waals surface area (Å²) in [4.78, 5) is 16.0. The zero-order chi connectivity index (χ0) is 18.0. The first-order valence-corrected chi connectivity index (χ1v) is 7.42. The molecule has 4 nitrogen and oxygen atoms in total. The van der Waals surface area contributed by atoms with Crippen LogP contribution < -0.4 is 5.32 Å². The molecule has 0 spiro atoms. The van der Waals surface area contributed by atoms with Gasteiger partial charge in [0.05, 0.1) is 11.3 Å². The minimum absolute atomic E-state index is 0.0627. The normalized spacial score (nSPS) is 11.4. The Hall–Kier alpha value is -2.80. The van der Waals surface area contributed by atoms with Crippen LogP contribution in [0.1, 0.15) is 16.1 Å². The third-order valence-electron chi connectivity index (χ3n) is 3.31. The van der Waals surface area contributed by atoms with Crippen molar-refractivity contribution in [1.82, 2.24) is 4.98 Å². The Bertz CT molecular complexity index is 922. The first-order valence-electron chi connectivity index (χ1n) is 7.04. The molecule has 0 saturated carbocycles. The van der Waals surface area contributed by atoms with Crippen molar-refractivity contribution in [2.24, 2.45) is 0 Å². The summed E-state index contributed by atoms with van der Waals surface area (Å²) in [6.45, 7) is 0. The third kappa shape index (κ3) is 3.83. The van der Waals surface area contributed by atoms with E-state index in [4.69, 9.17) is 16.0 Å². The second-order valence-electron chi connectivity index (χ2n) is 5.04. The SMILES string of the molecule is O=C(Nc1cccnc1Cl)c1ccc(-c2cccc(C(F)(F)F)c2)o1. The highest BCUT2D eigenvalue weighted by Gasteiger charge is 2.30. The van der Waals surface area contributed by atoms with Crippen LogP contribution in [-0.4, -0.2) is 10.9 Å². The molecule has 25 heavy (non-hydrogen) atoms. The molecule has 3 aromatic rings. The van der Waals surface area contributed by atoms with Crippen LogP contribution in [0, 0.1) is 0 Å². The minimum Gasteiger partial charge on any atom is -0.451 e. The van der Waals surface area contributed by atoms with E-state index in [1.807, 2.05) is 0 Å². The van der Waals surface area contributed by atoms with Crippen LogP contribution in [0.15, 0.2) is 59.1 Å². The molecule has 1 N–H and O–H groups in total. The molecule has 2 heterocycles. The van der Waals surface area contributed by atoms with Crippen molar-refractivity contribution < 1.29 is 22.4 Å². The maximum Gasteiger partial charge on any atom is 0.416 e. The van der Waals surface area contributed by atoms with Crippen LogP contribution in [0.2, 0.25) is 5.15 Å². The predicted octanol–water partition coefficient (Wildman–Crippen LogP) is 5.27. The number of carbonyl (C=O) groups excluding carboxylic acids is 1. The Balaban J connectivity index is 1.83. The first-order chi connectivity index (χ1) is 11.8. The van der Waals surface area contributed by atoms with Crippen LogP contribution >= 0.6 is 11.6 Å². The van der Waals surface area contributed by atoms with Crippen LogP contribution in [0.3, 0.4) is 0 Å². The maximum absolute atomic E-state index is 12.8. The summed E-state index contributed by atoms with van der Waals surface area (Å²) < 4.78 is 43.7. The van der Waals surface area contributed by atoms with Gasteiger partial charge in [0.2, 0.25) is 0 Å². The second-order valence-corrected chi connectivity index (χ2v) is 5.40. The van der Waals surface area contributed by atoms with E-state index in [1.165, 1.54) is 30.5 Å². The molecule has 2 aromatic heterocycles. The standard InChI is InChI=1S/C17H10ClF3N2O2/c18-15-12(5-2-8-22-15)23-16(24)14-7-6-13(25-14)10-3-1-4-11(9-10)17(19,20)21/h1-9H,(H,23,24). The second kappa shape index (κ2) is 6.60. The maximum atomic E-state index is 12.8. The van der Waals surface area contributed by atoms with E-state index in [1.54, 1.807) is 12.1 Å². The Kier molecular flexibility index (Phi) is 4.50. The number of carbonyl (C=O) groups is 1. The summed E-state index contributed by atoms with van der Waals surface area (Å²) in [5.41, 5.74) is -0.283. The number of furan rings is 1. The Morgan fingerprint density at radius 1 is 1.12 bits per heavy atom. The monoisotopic (exact) mass is 366 g/mol. The lowest BCUT2D eigenvalue weighted by Crippen LogP contribution is -2.11. The van der Waals surface area contributed by atoms with Crippen molar-refractivity contribution >= 4 is 23.2 Å². The van der Waals surface area contributed by atoms with Gasteiger partial charge in [0.25, 0.3) is 5.91 Å². The molecule has 0 aliphatic heterocycles. The van der Waals surface area contributed by atoms with Gasteiger partial charge in [-0.15, -0.1) is 0 Å². The van der Waals surface area contributed by atoms with Gasteiger partial charge in [-0.1, -0.05) is 23.7 Å². The van der Waals surface area contributed by atoms with E-state index < -0.39 is 17.6 Å². The highest BCUT2D eigenvalue weighted by molar-refractivity contribution is 6.32. The minimum atomic E-state index is -4.46. The number of rotatable bonds is 3. The van der Waals surface area contributed by atoms with Gasteiger partial charge in [-0.05, 0) is 36.4 Å². The number of amides is 1. The average molecular weight is 367 g/mol. The summed E-state index contributed by atoms with van der Waals surface area (Å²) in [5, 5.41) is 2.63. The van der Waals surface area contributed by atoms with Crippen molar-refractivity contribution in [3.05, 3.63) is 71.2 Å². The van der Waals surface area contributed by atoms with Crippen molar-refractivity contribution in [1.29, 1.82) is 0 Å². The molecule has 1 aromatic carbocycles. The van der Waals surface area contributed by atoms with Crippen molar-refractivity contribution in [2.75, 3.05) is 5.32 Å². The summed E-state index contributed by atoms with van der Waals surface area (Å²) in [7, 11) is 0. The largest absolute Gasteiger partial charge is 0.451 e. The van der Waals surface area contributed by atoms with Crippen LogP contribution in [0.4, 0.5) is 18.9 Å². The van der Waals surface area contributed by atoms with Crippen LogP contribution in [-0.2, 0) is 6.18 Å². The lowest BCUT2D eigenvalue weighted by Gasteiger charge is -2.07. The molecule has 3 rings (SSSR count). The number of halogens is 4. The zero-order valence-corrected chi connectivity index (χ0v) is 13.2. The predicted molar refractivity (Wildman–Crippen MR) is 86.3 cm³/mol. The summed E-state index contributed by atoms with van der Waals surface area (Å²) in [6, 6.07) is 10.6. The number of hydrogen-bond acceptors (Lipinski definition) is 3. The number of nitrogens with zero attached hydrogens (tertiary/aromatic N) is 1. The highest BCUT2D eigenvalue weighted by atomic mass is 35.5. The van der Waals surface area contributed by atoms with Gasteiger partial charge in [0.1, 0.15) is 5.76 Å². The number of pyridine rings is 1. The zero-order valence-electron chi connectivity index (χ0n) is 12.5. The summed E-state index contributed by atoms with van der Waals surface area (Å²) >= 11 is 5.85. The van der Waals surface area contributed by atoms with Gasteiger partial charge < -0.3 is 9.73 Å². The van der Waals surface area contributed by atoms with Gasteiger partial charge >= 0.3 is 6.18 Å². The molecule has 0 radical (unpaired) electrons. The number of benzene rings is 1. The summed E-state index contributed by atoms with van der Waals surface area (Å²) in [5.74, 6) is -0.506. The van der Waals surface area contributed by atoms with E-state index in [9.17, 15) is 18.0 Å². The number of alkyl halides is 3. The fourth-order valence-electron chi connectivity index (χ4n) is 2.13. The molecule has 0 aliphatic rings. The number of anilines is 1. The summed E-state index contributed by atoms with van der Waals surface area (Å²) in [6.07, 6.45) is -2.99. The van der Waals surface area contributed by atoms with E-state index in [2.05, 4.69) is 10.3 Å². The lowest BCUT2D eigenvalue weighted by atomic mass is 10.1. The molecular formula is C17H10ClF3N2O2. The van der Waals surface area contributed by atoms with E-state index in [-0.39, 0.29) is 22.2 Å². The average Bonchev–Trinajstić information content (AvgIpc) is 3.06. The van der Waals surface area contributed by atoms with Gasteiger partial charge in [0.15, 0.2) is 10.9 Å². The number of nitrogens with one attached hydrogen (secondary N) is 1. The topological polar surface area (TPSA) is 55.1 Å². The molecular weight excluding hydrogens is 357 g/mol. The van der Waals surface area contributed by atoms with Crippen LogP contribution in [0.5, 0.6) is 0 Å². The van der Waals surface area contributed by atoms with E-state index >= 15 is 0 Å². The van der Waals surface area contributed by atoms with Crippen molar-refractivity contribution in [3.8, 4) is 11.3 Å². The van der Waals surface area contributed by atoms with Crippen molar-refractivity contribution in [3.63, 3.8) is 0 Å². The van der Waals surface area contributed by atoms with Gasteiger partial charge in [0, 0.05) is 11.8 Å². The Labute approximate surface area is 145 Å². The molecule has 0 unspecified atom stereocenters. The molecule has 0 aliphatic carbocycles. The van der Waals surface area contributed by atoms with E-state index in [0.717, 1.165) is 12.1 Å². The third-order valence-corrected chi connectivity index (χ3v) is 3.61. The molecule has 0 bridgehead atoms. The molecule has 1 amide bonds. The molecule has 0 saturated heterocycles. The highest BCUT2D eigenvalue weighted by Crippen LogP contribution is 2.32. The fourth-order valence-corrected chi connectivity index (χ4v) is 2.29. The lowest BCUT2D eigenvalue weighted by molar-refractivity contribution is -0.137. The quantitative estimate of drug-likeness (QED) is 0.643. The number of hydrogen-bond donors (Lipinski definition) is 1. The van der Waals surface area contributed by atoms with Gasteiger partial charge in [-0.3, -0.25) is 4.79 Å². The first kappa shape index (κ1) is 17.0. The van der Waals surface area contributed by atoms with Crippen LogP contribution in [0.25, 0.3) is 11.3 Å². The molecule has 0 atom stereocenters. The van der Waals surface area contributed by atoms with Gasteiger partial charge in [-0.2, -0.15) is 13.2 Å². The molecule has 0 fully saturated rings. The molecule has 128 valence electrons. The van der Waals surface area contributed by atoms with Crippen molar-refractivity contribution in [2.45, 2.75) is 6.18 Å². The number of aromatic nitrogens is 1. The smallest absolute Gasteiger partial charge is 0.416 e. The Morgan fingerprint density at radius 2 is 1.92 bits per heavy atom.